The summed E-state index contributed by atoms with van der Waals surface area (Å²) >= 11 is 1.45. The second-order valence-electron chi connectivity index (χ2n) is 12.3. The van der Waals surface area contributed by atoms with Crippen LogP contribution < -0.4 is 5.32 Å². The Balaban J connectivity index is 1.05. The maximum Gasteiger partial charge on any atom is 0.274 e. The molecule has 4 bridgehead atoms. The number of carbonyl (C=O) groups excluding carboxylic acids is 2. The van der Waals surface area contributed by atoms with E-state index in [-0.39, 0.29) is 23.3 Å². The summed E-state index contributed by atoms with van der Waals surface area (Å²) in [5.41, 5.74) is 1.89. The predicted molar refractivity (Wildman–Crippen MR) is 146 cm³/mol. The molecule has 1 unspecified atom stereocenters. The van der Waals surface area contributed by atoms with Gasteiger partial charge in [0.1, 0.15) is 10.5 Å². The molecule has 5 fully saturated rings. The number of rotatable bonds is 7. The molecule has 198 valence electrons. The van der Waals surface area contributed by atoms with Crippen LogP contribution >= 0.6 is 11.3 Å². The lowest BCUT2D eigenvalue weighted by atomic mass is 9.48. The highest BCUT2D eigenvalue weighted by atomic mass is 32.1. The van der Waals surface area contributed by atoms with Gasteiger partial charge in [0, 0.05) is 43.2 Å². The Morgan fingerprint density at radius 2 is 1.82 bits per heavy atom. The maximum atomic E-state index is 13.6. The van der Waals surface area contributed by atoms with Gasteiger partial charge in [0.05, 0.1) is 11.0 Å². The van der Waals surface area contributed by atoms with Crippen LogP contribution in [0.5, 0.6) is 0 Å². The minimum atomic E-state index is -0.100. The van der Waals surface area contributed by atoms with Crippen molar-refractivity contribution in [1.82, 2.24) is 24.8 Å². The molecule has 0 aromatic carbocycles. The third-order valence-electron chi connectivity index (χ3n) is 9.44. The number of nitrogens with one attached hydrogen (secondary N) is 1. The summed E-state index contributed by atoms with van der Waals surface area (Å²) in [6.07, 6.45) is 11.6. The molecule has 4 heterocycles. The van der Waals surface area contributed by atoms with Gasteiger partial charge in [0.2, 0.25) is 5.95 Å². The van der Waals surface area contributed by atoms with E-state index in [0.29, 0.717) is 42.6 Å². The quantitative estimate of drug-likeness (QED) is 0.447. The van der Waals surface area contributed by atoms with Gasteiger partial charge in [-0.1, -0.05) is 6.07 Å². The molecule has 8 nitrogen and oxygen atoms in total. The van der Waals surface area contributed by atoms with Crippen molar-refractivity contribution in [2.24, 2.45) is 29.1 Å². The molecule has 4 saturated carbocycles. The van der Waals surface area contributed by atoms with Crippen molar-refractivity contribution >= 4 is 39.3 Å². The zero-order valence-corrected chi connectivity index (χ0v) is 22.8. The monoisotopic (exact) mass is 530 g/mol. The van der Waals surface area contributed by atoms with Crippen LogP contribution in [0.1, 0.15) is 79.0 Å². The molecule has 0 spiro atoms. The third kappa shape index (κ3) is 4.19. The Bertz CT molecular complexity index is 1360. The molecule has 3 aromatic heterocycles. The van der Waals surface area contributed by atoms with Gasteiger partial charge >= 0.3 is 0 Å². The van der Waals surface area contributed by atoms with Crippen LogP contribution in [0.15, 0.2) is 24.5 Å². The number of hydrogen-bond acceptors (Lipinski definition) is 8. The molecular formula is C29H34N6O2S. The lowest BCUT2D eigenvalue weighted by Crippen LogP contribution is -2.54. The van der Waals surface area contributed by atoms with Crippen molar-refractivity contribution < 1.29 is 9.59 Å². The molecule has 8 rings (SSSR count). The van der Waals surface area contributed by atoms with Crippen molar-refractivity contribution in [2.45, 2.75) is 64.8 Å². The number of Topliss-reactive ketones (excluding diaryl/α,β-unsaturated/α-hetero) is 1. The fourth-order valence-corrected chi connectivity index (χ4v) is 8.83. The second kappa shape index (κ2) is 9.07. The molecular weight excluding hydrogens is 496 g/mol. The van der Waals surface area contributed by atoms with E-state index in [2.05, 4.69) is 25.3 Å². The molecule has 1 saturated heterocycles. The van der Waals surface area contributed by atoms with E-state index in [9.17, 15) is 9.59 Å². The van der Waals surface area contributed by atoms with Crippen LogP contribution in [0.25, 0.3) is 10.3 Å². The summed E-state index contributed by atoms with van der Waals surface area (Å²) in [7, 11) is 0. The number of likely N-dealkylation sites (tertiary alicyclic amines) is 1. The summed E-state index contributed by atoms with van der Waals surface area (Å²) in [5, 5.41) is 4.17. The fraction of sp³-hybridized carbons (Fsp3) is 0.586. The van der Waals surface area contributed by atoms with E-state index in [1.165, 1.54) is 30.6 Å². The Kier molecular flexibility index (Phi) is 5.76. The van der Waals surface area contributed by atoms with Gasteiger partial charge in [-0.2, -0.15) is 4.98 Å². The Morgan fingerprint density at radius 3 is 2.47 bits per heavy atom. The fourth-order valence-electron chi connectivity index (χ4n) is 7.99. The largest absolute Gasteiger partial charge is 0.348 e. The number of thiazole rings is 1. The van der Waals surface area contributed by atoms with E-state index in [1.54, 1.807) is 12.4 Å². The minimum Gasteiger partial charge on any atom is -0.348 e. The molecule has 1 amide bonds. The summed E-state index contributed by atoms with van der Waals surface area (Å²) in [4.78, 5) is 47.0. The molecule has 5 aliphatic rings. The highest BCUT2D eigenvalue weighted by Gasteiger charge is 2.54. The zero-order chi connectivity index (χ0) is 26.0. The van der Waals surface area contributed by atoms with Crippen LogP contribution in [0.4, 0.5) is 5.95 Å². The normalized spacial score (nSPS) is 28.9. The Labute approximate surface area is 226 Å². The highest BCUT2D eigenvalue weighted by molar-refractivity contribution is 7.18. The lowest BCUT2D eigenvalue weighted by molar-refractivity contribution is -0.145. The van der Waals surface area contributed by atoms with E-state index in [0.717, 1.165) is 52.3 Å². The van der Waals surface area contributed by atoms with Gasteiger partial charge in [-0.15, -0.1) is 11.3 Å². The molecule has 9 heteroatoms. The number of aromatic nitrogens is 4. The molecule has 1 aliphatic heterocycles. The topological polar surface area (TPSA) is 101 Å². The summed E-state index contributed by atoms with van der Waals surface area (Å²) in [6, 6.07) is 3.81. The molecule has 1 atom stereocenters. The van der Waals surface area contributed by atoms with Crippen molar-refractivity contribution in [3.8, 4) is 0 Å². The molecule has 0 radical (unpaired) electrons. The van der Waals surface area contributed by atoms with Gasteiger partial charge in [-0.25, -0.2) is 9.97 Å². The number of pyridine rings is 1. The smallest absolute Gasteiger partial charge is 0.274 e. The third-order valence-corrected chi connectivity index (χ3v) is 10.4. The maximum absolute atomic E-state index is 13.6. The van der Waals surface area contributed by atoms with Gasteiger partial charge < -0.3 is 10.2 Å². The lowest BCUT2D eigenvalue weighted by Gasteiger charge is -2.56. The average molecular weight is 531 g/mol. The van der Waals surface area contributed by atoms with Crippen molar-refractivity contribution in [1.29, 1.82) is 0 Å². The Morgan fingerprint density at radius 1 is 1.11 bits per heavy atom. The van der Waals surface area contributed by atoms with E-state index in [1.807, 2.05) is 30.9 Å². The van der Waals surface area contributed by atoms with Gasteiger partial charge in [-0.3, -0.25) is 14.6 Å². The minimum absolute atomic E-state index is 0.0519. The number of fused-ring (bicyclic) bond motifs is 1. The first-order valence-corrected chi connectivity index (χ1v) is 14.8. The van der Waals surface area contributed by atoms with Crippen molar-refractivity contribution in [3.63, 3.8) is 0 Å². The molecule has 1 N–H and O–H groups in total. The number of ketones is 1. The van der Waals surface area contributed by atoms with Crippen LogP contribution in [-0.4, -0.2) is 49.6 Å². The van der Waals surface area contributed by atoms with E-state index < -0.39 is 0 Å². The zero-order valence-electron chi connectivity index (χ0n) is 22.0. The van der Waals surface area contributed by atoms with Crippen LogP contribution in [0.2, 0.25) is 0 Å². The van der Waals surface area contributed by atoms with Gasteiger partial charge in [0.25, 0.3) is 5.91 Å². The van der Waals surface area contributed by atoms with Gasteiger partial charge in [-0.05, 0) is 81.8 Å². The van der Waals surface area contributed by atoms with Crippen molar-refractivity contribution in [2.75, 3.05) is 18.4 Å². The number of hydrogen-bond donors (Lipinski definition) is 1. The average Bonchev–Trinajstić information content (AvgIpc) is 3.24. The Hall–Kier alpha value is -2.94. The molecule has 4 aliphatic carbocycles. The van der Waals surface area contributed by atoms with Crippen LogP contribution in [0.3, 0.4) is 0 Å². The predicted octanol–water partition coefficient (Wildman–Crippen LogP) is 5.21. The summed E-state index contributed by atoms with van der Waals surface area (Å²) < 4.78 is 0.722. The second-order valence-corrected chi connectivity index (χ2v) is 13.5. The highest BCUT2D eigenvalue weighted by Crippen LogP contribution is 2.60. The molecule has 3 aromatic rings. The van der Waals surface area contributed by atoms with Crippen LogP contribution in [0, 0.1) is 36.0 Å². The van der Waals surface area contributed by atoms with Crippen molar-refractivity contribution in [3.05, 3.63) is 40.8 Å². The number of carbonyl (C=O) groups is 2. The van der Waals surface area contributed by atoms with Gasteiger partial charge in [0.15, 0.2) is 11.3 Å². The van der Waals surface area contributed by atoms with E-state index in [4.69, 9.17) is 0 Å². The first-order chi connectivity index (χ1) is 18.3. The number of aryl methyl sites for hydroxylation is 1. The first-order valence-electron chi connectivity index (χ1n) is 14.0. The molecule has 38 heavy (non-hydrogen) atoms. The van der Waals surface area contributed by atoms with E-state index >= 15 is 0 Å². The standard InChI is InChI=1S/C29H34N6O2S/c1-16(22-4-3-5-30-13-22)31-28-33-24(25-26(34-28)32-17(2)38-25)27(37)35-14-21(15-35)9-23(36)29-10-18-6-19(11-29)8-20(7-18)12-29/h3-5,13,16,18-21H,6-12,14-15H2,1-2H3,(H,31,33,34). The number of anilines is 1. The van der Waals surface area contributed by atoms with Crippen LogP contribution in [-0.2, 0) is 4.79 Å². The number of amides is 1. The summed E-state index contributed by atoms with van der Waals surface area (Å²) in [5.74, 6) is 3.34. The summed E-state index contributed by atoms with van der Waals surface area (Å²) in [6.45, 7) is 5.17. The number of nitrogens with zero attached hydrogens (tertiary/aromatic N) is 5. The first kappa shape index (κ1) is 24.1. The SMILES string of the molecule is Cc1nc2nc(NC(C)c3cccnc3)nc(C(=O)N3CC(CC(=O)C45CC6CC(CC(C6)C4)C5)C3)c2s1.